The van der Waals surface area contributed by atoms with Gasteiger partial charge in [-0.25, -0.2) is 17.8 Å². The van der Waals surface area contributed by atoms with Crippen LogP contribution in [0.15, 0.2) is 29.2 Å². The van der Waals surface area contributed by atoms with E-state index in [4.69, 9.17) is 4.74 Å². The molecule has 0 spiro atoms. The summed E-state index contributed by atoms with van der Waals surface area (Å²) in [6.07, 6.45) is 2.56. The number of H-pyrrole nitrogens is 1. The molecular weight excluding hydrogens is 408 g/mol. The fourth-order valence-electron chi connectivity index (χ4n) is 2.97. The zero-order valence-electron chi connectivity index (χ0n) is 16.7. The molecule has 0 aliphatic heterocycles. The smallest absolute Gasteiger partial charge is 0.421 e. The number of nitrogens with zero attached hydrogens (tertiary/aromatic N) is 4. The van der Waals surface area contributed by atoms with Gasteiger partial charge in [-0.15, -0.1) is 10.2 Å². The van der Waals surface area contributed by atoms with Crippen molar-refractivity contribution in [1.82, 2.24) is 25.0 Å². The topological polar surface area (TPSA) is 132 Å². The summed E-state index contributed by atoms with van der Waals surface area (Å²) >= 11 is 0. The molecule has 2 aromatic heterocycles. The van der Waals surface area contributed by atoms with Crippen molar-refractivity contribution in [3.05, 3.63) is 36.3 Å². The number of ether oxygens (including phenoxy) is 1. The summed E-state index contributed by atoms with van der Waals surface area (Å²) in [7, 11) is -3.61. The normalized spacial score (nSPS) is 14.1. The summed E-state index contributed by atoms with van der Waals surface area (Å²) in [4.78, 5) is 12.5. The molecule has 4 rings (SSSR count). The first-order chi connectivity index (χ1) is 14.3. The summed E-state index contributed by atoms with van der Waals surface area (Å²) in [6.45, 7) is 5.29. The molecule has 1 saturated carbocycles. The zero-order chi connectivity index (χ0) is 21.5. The summed E-state index contributed by atoms with van der Waals surface area (Å²) in [5, 5.41) is 17.2. The average molecular weight is 429 g/mol. The third kappa shape index (κ3) is 3.92. The Kier molecular flexibility index (Phi) is 5.06. The number of nitrogens with one attached hydrogen (secondary N) is 2. The molecular formula is C19H21N6O4S. The highest BCUT2D eigenvalue weighted by Crippen LogP contribution is 2.39. The van der Waals surface area contributed by atoms with Crippen LogP contribution in [0.5, 0.6) is 0 Å². The highest BCUT2D eigenvalue weighted by molar-refractivity contribution is 7.92. The third-order valence-electron chi connectivity index (χ3n) is 4.49. The summed E-state index contributed by atoms with van der Waals surface area (Å²) in [6, 6.07) is 6.61. The molecule has 157 valence electrons. The van der Waals surface area contributed by atoms with Crippen LogP contribution < -0.4 is 5.32 Å². The molecule has 0 saturated heterocycles. The number of benzene rings is 1. The molecule has 11 heteroatoms. The maximum atomic E-state index is 13.1. The lowest BCUT2D eigenvalue weighted by Gasteiger charge is -2.14. The summed E-state index contributed by atoms with van der Waals surface area (Å²) in [5.41, 5.74) is 1.68. The van der Waals surface area contributed by atoms with Gasteiger partial charge in [0.2, 0.25) is 6.33 Å². The Morgan fingerprint density at radius 1 is 1.33 bits per heavy atom. The van der Waals surface area contributed by atoms with Gasteiger partial charge in [0.1, 0.15) is 0 Å². The van der Waals surface area contributed by atoms with E-state index >= 15 is 0 Å². The lowest BCUT2D eigenvalue weighted by atomic mass is 10.2. The van der Waals surface area contributed by atoms with Crippen molar-refractivity contribution in [3.8, 4) is 11.4 Å². The van der Waals surface area contributed by atoms with Gasteiger partial charge in [0.15, 0.2) is 21.5 Å². The van der Waals surface area contributed by atoms with Crippen LogP contribution >= 0.6 is 0 Å². The Morgan fingerprint density at radius 3 is 2.73 bits per heavy atom. The van der Waals surface area contributed by atoms with Gasteiger partial charge in [-0.05, 0) is 51.8 Å². The Morgan fingerprint density at radius 2 is 2.10 bits per heavy atom. The lowest BCUT2D eigenvalue weighted by Crippen LogP contribution is -2.19. The first kappa shape index (κ1) is 20.1. The van der Waals surface area contributed by atoms with Crippen LogP contribution in [0.1, 0.15) is 32.4 Å². The van der Waals surface area contributed by atoms with Gasteiger partial charge < -0.3 is 10.1 Å². The Hall–Kier alpha value is -3.21. The van der Waals surface area contributed by atoms with E-state index in [-0.39, 0.29) is 22.4 Å². The minimum atomic E-state index is -3.61. The monoisotopic (exact) mass is 429 g/mol. The summed E-state index contributed by atoms with van der Waals surface area (Å²) in [5.74, 6) is 0.620. The number of sulfone groups is 1. The molecule has 1 aliphatic rings. The largest absolute Gasteiger partial charge is 0.446 e. The van der Waals surface area contributed by atoms with E-state index < -0.39 is 21.2 Å². The summed E-state index contributed by atoms with van der Waals surface area (Å²) < 4.78 is 32.5. The molecule has 2 N–H and O–H groups in total. The molecule has 0 amide bonds. The maximum absolute atomic E-state index is 13.1. The van der Waals surface area contributed by atoms with E-state index in [1.54, 1.807) is 32.0 Å². The molecule has 0 unspecified atom stereocenters. The minimum Gasteiger partial charge on any atom is -0.446 e. The molecule has 2 heterocycles. The van der Waals surface area contributed by atoms with E-state index in [1.165, 1.54) is 6.07 Å². The van der Waals surface area contributed by atoms with Gasteiger partial charge in [-0.2, -0.15) is 5.10 Å². The zero-order valence-corrected chi connectivity index (χ0v) is 17.5. The Bertz CT molecular complexity index is 1190. The molecule has 1 aliphatic carbocycles. The second kappa shape index (κ2) is 7.56. The molecule has 1 radical (unpaired) electrons. The van der Waals surface area contributed by atoms with Crippen molar-refractivity contribution in [1.29, 1.82) is 0 Å². The van der Waals surface area contributed by atoms with Gasteiger partial charge in [0.05, 0.1) is 16.2 Å². The maximum Gasteiger partial charge on any atom is 0.421 e. The van der Waals surface area contributed by atoms with Gasteiger partial charge in [-0.1, -0.05) is 0 Å². The molecule has 10 nitrogen and oxygen atoms in total. The predicted octanol–water partition coefficient (Wildman–Crippen LogP) is 2.85. The van der Waals surface area contributed by atoms with E-state index in [0.717, 1.165) is 10.3 Å². The van der Waals surface area contributed by atoms with Crippen molar-refractivity contribution in [2.24, 2.45) is 0 Å². The molecule has 1 aromatic carbocycles. The highest BCUT2D eigenvalue weighted by Gasteiger charge is 2.39. The number of carbonyl (C=O) groups is 1. The number of aryl methyl sites for hydroxylation is 1. The average Bonchev–Trinajstić information content (AvgIpc) is 3.31. The van der Waals surface area contributed by atoms with Crippen LogP contribution in [0.4, 0.5) is 16.3 Å². The van der Waals surface area contributed by atoms with Crippen molar-refractivity contribution in [2.45, 2.75) is 49.9 Å². The van der Waals surface area contributed by atoms with Crippen molar-refractivity contribution in [2.75, 3.05) is 5.32 Å². The van der Waals surface area contributed by atoms with E-state index in [9.17, 15) is 13.2 Å². The van der Waals surface area contributed by atoms with Crippen LogP contribution in [0.2, 0.25) is 0 Å². The number of rotatable bonds is 6. The van der Waals surface area contributed by atoms with Gasteiger partial charge in [0.25, 0.3) is 0 Å². The number of anilines is 2. The van der Waals surface area contributed by atoms with E-state index in [0.29, 0.717) is 24.3 Å². The van der Waals surface area contributed by atoms with Crippen LogP contribution in [0, 0.1) is 13.3 Å². The predicted molar refractivity (Wildman–Crippen MR) is 108 cm³/mol. The third-order valence-corrected chi connectivity index (χ3v) is 6.79. The minimum absolute atomic E-state index is 0.0574. The quantitative estimate of drug-likeness (QED) is 0.611. The van der Waals surface area contributed by atoms with Gasteiger partial charge in [-0.3, -0.25) is 5.10 Å². The number of carbonyl (C=O) groups excluding carboxylic acids is 1. The fraction of sp³-hybridized carbons (Fsp3) is 0.368. The SMILES string of the molecule is Cc1cc(Nc2ccc(-c3nn[c]n3C(=O)OC(C)C)c(S(=O)(=O)C3CC3)c2)n[nH]1. The second-order valence-corrected chi connectivity index (χ2v) is 9.60. The van der Waals surface area contributed by atoms with Gasteiger partial charge in [0, 0.05) is 23.0 Å². The first-order valence-corrected chi connectivity index (χ1v) is 11.0. The first-order valence-electron chi connectivity index (χ1n) is 9.47. The molecule has 30 heavy (non-hydrogen) atoms. The number of hydrogen-bond donors (Lipinski definition) is 2. The van der Waals surface area contributed by atoms with Crippen LogP contribution in [0.3, 0.4) is 0 Å². The van der Waals surface area contributed by atoms with E-state index in [1.807, 2.05) is 6.92 Å². The Labute approximate surface area is 173 Å². The molecule has 0 atom stereocenters. The molecule has 1 fully saturated rings. The van der Waals surface area contributed by atoms with Crippen LogP contribution in [0.25, 0.3) is 11.4 Å². The van der Waals surface area contributed by atoms with Crippen LogP contribution in [-0.2, 0) is 14.6 Å². The lowest BCUT2D eigenvalue weighted by molar-refractivity contribution is 0.117. The highest BCUT2D eigenvalue weighted by atomic mass is 32.2. The van der Waals surface area contributed by atoms with Crippen LogP contribution in [-0.4, -0.2) is 50.8 Å². The van der Waals surface area contributed by atoms with Crippen molar-refractivity contribution < 1.29 is 17.9 Å². The Balaban J connectivity index is 1.79. The number of hydrogen-bond acceptors (Lipinski definition) is 8. The standard InChI is InChI=1S/C19H21N6O4S/c1-11(2)29-19(26)25-10-20-24-18(25)15-7-4-13(21-17-8-12(3)22-23-17)9-16(15)30(27,28)14-5-6-14/h4,7-9,11,14H,5-6H2,1-3H3,(H2,21,22,23). The van der Waals surface area contributed by atoms with Crippen molar-refractivity contribution in [3.63, 3.8) is 0 Å². The number of aromatic nitrogens is 5. The van der Waals surface area contributed by atoms with Gasteiger partial charge >= 0.3 is 6.09 Å². The molecule has 3 aromatic rings. The van der Waals surface area contributed by atoms with Crippen molar-refractivity contribution >= 4 is 27.4 Å². The number of aromatic amines is 1. The second-order valence-electron chi connectivity index (χ2n) is 7.41. The molecule has 0 bridgehead atoms. The van der Waals surface area contributed by atoms with E-state index in [2.05, 4.69) is 32.0 Å². The fourth-order valence-corrected chi connectivity index (χ4v) is 4.84.